The number of rotatable bonds is 6. The smallest absolute Gasteiger partial charge is 0.247 e. The van der Waals surface area contributed by atoms with Crippen molar-refractivity contribution >= 4 is 15.9 Å². The summed E-state index contributed by atoms with van der Waals surface area (Å²) in [6.07, 6.45) is 2.77. The summed E-state index contributed by atoms with van der Waals surface area (Å²) in [7, 11) is 1.89. The van der Waals surface area contributed by atoms with Crippen molar-refractivity contribution in [1.82, 2.24) is 9.78 Å². The summed E-state index contributed by atoms with van der Waals surface area (Å²) in [4.78, 5) is 0. The van der Waals surface area contributed by atoms with Crippen LogP contribution in [0.25, 0.3) is 0 Å². The zero-order chi connectivity index (χ0) is 11.3. The maximum Gasteiger partial charge on any atom is 0.247 e. The van der Waals surface area contributed by atoms with E-state index in [0.717, 1.165) is 29.4 Å². The first kappa shape index (κ1) is 12.5. The van der Waals surface area contributed by atoms with Crippen molar-refractivity contribution < 1.29 is 9.84 Å². The van der Waals surface area contributed by atoms with Gasteiger partial charge in [-0.1, -0.05) is 0 Å². The average Bonchev–Trinajstić information content (AvgIpc) is 2.46. The number of aliphatic hydroxyl groups is 1. The molecule has 1 heterocycles. The van der Waals surface area contributed by atoms with E-state index in [1.54, 1.807) is 4.68 Å². The van der Waals surface area contributed by atoms with Crippen molar-refractivity contribution in [1.29, 1.82) is 0 Å². The lowest BCUT2D eigenvalue weighted by Gasteiger charge is -2.02. The monoisotopic (exact) mass is 276 g/mol. The van der Waals surface area contributed by atoms with E-state index in [2.05, 4.69) is 21.0 Å². The lowest BCUT2D eigenvalue weighted by atomic mass is 10.2. The molecule has 0 unspecified atom stereocenters. The fourth-order valence-electron chi connectivity index (χ4n) is 1.20. The van der Waals surface area contributed by atoms with E-state index < -0.39 is 0 Å². The minimum absolute atomic E-state index is 0.256. The van der Waals surface area contributed by atoms with Crippen LogP contribution in [0.1, 0.15) is 25.0 Å². The molecule has 0 radical (unpaired) electrons. The molecule has 4 nitrogen and oxygen atoms in total. The molecular formula is C10H17BrN2O2. The second-order valence-electron chi connectivity index (χ2n) is 3.46. The maximum atomic E-state index is 8.60. The highest BCUT2D eigenvalue weighted by Crippen LogP contribution is 2.26. The molecule has 0 bridgehead atoms. The molecule has 5 heteroatoms. The number of unbranched alkanes of at least 4 members (excludes halogenated alkanes) is 2. The Morgan fingerprint density at radius 2 is 2.13 bits per heavy atom. The molecule has 0 fully saturated rings. The van der Waals surface area contributed by atoms with Crippen molar-refractivity contribution in [3.8, 4) is 5.88 Å². The van der Waals surface area contributed by atoms with E-state index in [1.807, 2.05) is 14.0 Å². The van der Waals surface area contributed by atoms with Crippen LogP contribution in [0, 0.1) is 6.92 Å². The highest BCUT2D eigenvalue weighted by molar-refractivity contribution is 9.10. The highest BCUT2D eigenvalue weighted by atomic mass is 79.9. The Morgan fingerprint density at radius 3 is 2.67 bits per heavy atom. The van der Waals surface area contributed by atoms with Gasteiger partial charge in [0, 0.05) is 13.7 Å². The zero-order valence-corrected chi connectivity index (χ0v) is 10.7. The Bertz CT molecular complexity index is 313. The van der Waals surface area contributed by atoms with Gasteiger partial charge in [-0.15, -0.1) is 5.10 Å². The Hall–Kier alpha value is -0.550. The van der Waals surface area contributed by atoms with E-state index in [1.165, 1.54) is 0 Å². The van der Waals surface area contributed by atoms with Crippen LogP contribution in [0.5, 0.6) is 5.88 Å². The standard InChI is InChI=1S/C10H17BrN2O2/c1-8-9(11)10(12-13(8)2)15-7-5-3-4-6-14/h14H,3-7H2,1-2H3. The number of aromatic nitrogens is 2. The molecule has 0 atom stereocenters. The van der Waals surface area contributed by atoms with Crippen molar-refractivity contribution in [2.75, 3.05) is 13.2 Å². The second kappa shape index (κ2) is 6.12. The van der Waals surface area contributed by atoms with Crippen LogP contribution in [0.2, 0.25) is 0 Å². The van der Waals surface area contributed by atoms with Gasteiger partial charge in [-0.2, -0.15) is 0 Å². The molecule has 0 aromatic carbocycles. The van der Waals surface area contributed by atoms with Gasteiger partial charge in [0.1, 0.15) is 4.47 Å². The van der Waals surface area contributed by atoms with Crippen LogP contribution in [-0.4, -0.2) is 28.1 Å². The van der Waals surface area contributed by atoms with Gasteiger partial charge < -0.3 is 9.84 Å². The molecule has 15 heavy (non-hydrogen) atoms. The fraction of sp³-hybridized carbons (Fsp3) is 0.700. The summed E-state index contributed by atoms with van der Waals surface area (Å²) in [5.74, 6) is 0.652. The molecular weight excluding hydrogens is 260 g/mol. The van der Waals surface area contributed by atoms with Gasteiger partial charge in [0.2, 0.25) is 5.88 Å². The largest absolute Gasteiger partial charge is 0.476 e. The molecule has 1 aromatic rings. The predicted molar refractivity (Wildman–Crippen MR) is 62.1 cm³/mol. The number of nitrogens with zero attached hydrogens (tertiary/aromatic N) is 2. The third kappa shape index (κ3) is 3.50. The van der Waals surface area contributed by atoms with Crippen LogP contribution in [0.4, 0.5) is 0 Å². The topological polar surface area (TPSA) is 47.3 Å². The SMILES string of the molecule is Cc1c(Br)c(OCCCCCO)nn1C. The van der Waals surface area contributed by atoms with Gasteiger partial charge >= 0.3 is 0 Å². The van der Waals surface area contributed by atoms with Crippen LogP contribution in [0.3, 0.4) is 0 Å². The van der Waals surface area contributed by atoms with Gasteiger partial charge in [0.15, 0.2) is 0 Å². The molecule has 0 aliphatic rings. The summed E-state index contributed by atoms with van der Waals surface area (Å²) in [6, 6.07) is 0. The zero-order valence-electron chi connectivity index (χ0n) is 9.16. The van der Waals surface area contributed by atoms with E-state index in [9.17, 15) is 0 Å². The predicted octanol–water partition coefficient (Wildman–Crippen LogP) is 2.03. The molecule has 0 saturated carbocycles. The normalized spacial score (nSPS) is 10.7. The van der Waals surface area contributed by atoms with Crippen LogP contribution >= 0.6 is 15.9 Å². The number of aryl methyl sites for hydroxylation is 1. The molecule has 0 aliphatic heterocycles. The summed E-state index contributed by atoms with van der Waals surface area (Å²) in [6.45, 7) is 2.89. The van der Waals surface area contributed by atoms with E-state index in [4.69, 9.17) is 9.84 Å². The molecule has 0 aliphatic carbocycles. The molecule has 1 rings (SSSR count). The Balaban J connectivity index is 2.34. The molecule has 1 aromatic heterocycles. The van der Waals surface area contributed by atoms with Crippen molar-refractivity contribution in [3.63, 3.8) is 0 Å². The highest BCUT2D eigenvalue weighted by Gasteiger charge is 2.10. The summed E-state index contributed by atoms with van der Waals surface area (Å²) in [5, 5.41) is 12.8. The Labute approximate surface area is 98.4 Å². The van der Waals surface area contributed by atoms with Crippen molar-refractivity contribution in [2.45, 2.75) is 26.2 Å². The third-order valence-corrected chi connectivity index (χ3v) is 3.19. The summed E-state index contributed by atoms with van der Waals surface area (Å²) < 4.78 is 8.23. The van der Waals surface area contributed by atoms with Crippen molar-refractivity contribution in [3.05, 3.63) is 10.2 Å². The molecule has 0 spiro atoms. The van der Waals surface area contributed by atoms with E-state index in [0.29, 0.717) is 12.5 Å². The average molecular weight is 277 g/mol. The maximum absolute atomic E-state index is 8.60. The molecule has 1 N–H and O–H groups in total. The first-order valence-electron chi connectivity index (χ1n) is 5.09. The van der Waals surface area contributed by atoms with Gasteiger partial charge in [-0.25, -0.2) is 0 Å². The minimum Gasteiger partial charge on any atom is -0.476 e. The molecule has 0 amide bonds. The summed E-state index contributed by atoms with van der Waals surface area (Å²) >= 11 is 3.44. The number of ether oxygens (including phenoxy) is 1. The fourth-order valence-corrected chi connectivity index (χ4v) is 1.65. The van der Waals surface area contributed by atoms with Crippen molar-refractivity contribution in [2.24, 2.45) is 7.05 Å². The van der Waals surface area contributed by atoms with Gasteiger partial charge in [-0.3, -0.25) is 4.68 Å². The number of aliphatic hydroxyl groups excluding tert-OH is 1. The van der Waals surface area contributed by atoms with Crippen LogP contribution in [0.15, 0.2) is 4.47 Å². The second-order valence-corrected chi connectivity index (χ2v) is 4.25. The Morgan fingerprint density at radius 1 is 1.40 bits per heavy atom. The van der Waals surface area contributed by atoms with Gasteiger partial charge in [-0.05, 0) is 42.1 Å². The lowest BCUT2D eigenvalue weighted by molar-refractivity contribution is 0.261. The number of hydrogen-bond donors (Lipinski definition) is 1. The third-order valence-electron chi connectivity index (χ3n) is 2.27. The van der Waals surface area contributed by atoms with Crippen LogP contribution in [-0.2, 0) is 7.05 Å². The Kier molecular flexibility index (Phi) is 5.11. The quantitative estimate of drug-likeness (QED) is 0.809. The lowest BCUT2D eigenvalue weighted by Crippen LogP contribution is -1.99. The molecule has 0 saturated heterocycles. The number of halogens is 1. The van der Waals surface area contributed by atoms with E-state index in [-0.39, 0.29) is 6.61 Å². The summed E-state index contributed by atoms with van der Waals surface area (Å²) in [5.41, 5.74) is 1.06. The van der Waals surface area contributed by atoms with E-state index >= 15 is 0 Å². The van der Waals surface area contributed by atoms with Gasteiger partial charge in [0.05, 0.1) is 12.3 Å². The first-order chi connectivity index (χ1) is 7.16. The van der Waals surface area contributed by atoms with Gasteiger partial charge in [0.25, 0.3) is 0 Å². The van der Waals surface area contributed by atoms with Crippen LogP contribution < -0.4 is 4.74 Å². The minimum atomic E-state index is 0.256. The molecule has 86 valence electrons. The first-order valence-corrected chi connectivity index (χ1v) is 5.89. The number of hydrogen-bond acceptors (Lipinski definition) is 3.